The van der Waals surface area contributed by atoms with Crippen molar-refractivity contribution in [2.45, 2.75) is 25.4 Å². The van der Waals surface area contributed by atoms with Crippen molar-refractivity contribution in [3.63, 3.8) is 0 Å². The highest BCUT2D eigenvalue weighted by Crippen LogP contribution is 2.11. The molecular weight excluding hydrogens is 208 g/mol. The molecule has 1 unspecified atom stereocenters. The second-order valence-electron chi connectivity index (χ2n) is 3.66. The number of amides is 1. The lowest BCUT2D eigenvalue weighted by Crippen LogP contribution is -2.22. The van der Waals surface area contributed by atoms with Gasteiger partial charge in [-0.15, -0.1) is 0 Å². The van der Waals surface area contributed by atoms with Gasteiger partial charge in [-0.25, -0.2) is 0 Å². The minimum Gasteiger partial charge on any atom is -0.467 e. The monoisotopic (exact) mass is 226 g/mol. The third-order valence-electron chi connectivity index (χ3n) is 2.24. The van der Waals surface area contributed by atoms with E-state index in [4.69, 9.17) is 10.2 Å². The Balaban J connectivity index is 2.01. The number of hydrogen-bond acceptors (Lipinski definition) is 4. The maximum atomic E-state index is 10.4. The van der Waals surface area contributed by atoms with E-state index in [2.05, 4.69) is 5.32 Å². The van der Waals surface area contributed by atoms with Crippen molar-refractivity contribution < 1.29 is 14.3 Å². The van der Waals surface area contributed by atoms with Gasteiger partial charge in [0.25, 0.3) is 0 Å². The van der Waals surface area contributed by atoms with Gasteiger partial charge in [0.2, 0.25) is 5.91 Å². The van der Waals surface area contributed by atoms with Crippen molar-refractivity contribution in [1.82, 2.24) is 5.32 Å². The number of nitrogens with two attached hydrogens (primary N) is 1. The first kappa shape index (κ1) is 12.7. The highest BCUT2D eigenvalue weighted by Gasteiger charge is 2.08. The van der Waals surface area contributed by atoms with Gasteiger partial charge < -0.3 is 20.6 Å². The third-order valence-corrected chi connectivity index (χ3v) is 2.24. The highest BCUT2D eigenvalue weighted by atomic mass is 16.4. The van der Waals surface area contributed by atoms with Gasteiger partial charge in [0, 0.05) is 13.0 Å². The van der Waals surface area contributed by atoms with E-state index in [1.807, 2.05) is 0 Å². The zero-order valence-corrected chi connectivity index (χ0v) is 9.19. The van der Waals surface area contributed by atoms with E-state index < -0.39 is 6.10 Å². The lowest BCUT2D eigenvalue weighted by atomic mass is 10.2. The van der Waals surface area contributed by atoms with Gasteiger partial charge >= 0.3 is 0 Å². The molecule has 90 valence electrons. The van der Waals surface area contributed by atoms with Crippen molar-refractivity contribution in [3.8, 4) is 0 Å². The summed E-state index contributed by atoms with van der Waals surface area (Å²) in [5.41, 5.74) is 5.01. The summed E-state index contributed by atoms with van der Waals surface area (Å²) in [5, 5.41) is 12.7. The molecule has 16 heavy (non-hydrogen) atoms. The zero-order valence-electron chi connectivity index (χ0n) is 9.19. The van der Waals surface area contributed by atoms with Gasteiger partial charge in [-0.2, -0.15) is 0 Å². The van der Waals surface area contributed by atoms with Crippen LogP contribution in [0.3, 0.4) is 0 Å². The Morgan fingerprint density at radius 2 is 2.38 bits per heavy atom. The molecule has 0 aromatic carbocycles. The first-order valence-corrected chi connectivity index (χ1v) is 5.40. The maximum absolute atomic E-state index is 10.4. The smallest absolute Gasteiger partial charge is 0.217 e. The minimum atomic E-state index is -0.619. The van der Waals surface area contributed by atoms with Crippen LogP contribution in [0.1, 0.15) is 31.1 Å². The van der Waals surface area contributed by atoms with Gasteiger partial charge in [-0.3, -0.25) is 4.79 Å². The Labute approximate surface area is 94.6 Å². The van der Waals surface area contributed by atoms with Crippen molar-refractivity contribution in [3.05, 3.63) is 24.2 Å². The standard InChI is InChI=1S/C11H18N2O3/c12-11(15)5-1-2-6-13-8-9(14)10-4-3-7-16-10/h3-4,7,9,13-14H,1-2,5-6,8H2,(H2,12,15). The van der Waals surface area contributed by atoms with Crippen LogP contribution in [0.25, 0.3) is 0 Å². The van der Waals surface area contributed by atoms with Gasteiger partial charge in [0.05, 0.1) is 6.26 Å². The minimum absolute atomic E-state index is 0.268. The summed E-state index contributed by atoms with van der Waals surface area (Å²) >= 11 is 0. The van der Waals surface area contributed by atoms with Crippen LogP contribution < -0.4 is 11.1 Å². The fourth-order valence-electron chi connectivity index (χ4n) is 1.37. The predicted octanol–water partition coefficient (Wildman–Crippen LogP) is 0.558. The van der Waals surface area contributed by atoms with Gasteiger partial charge in [0.1, 0.15) is 11.9 Å². The molecular formula is C11H18N2O3. The zero-order chi connectivity index (χ0) is 11.8. The topological polar surface area (TPSA) is 88.5 Å². The molecule has 0 radical (unpaired) electrons. The van der Waals surface area contributed by atoms with E-state index in [9.17, 15) is 9.90 Å². The quantitative estimate of drug-likeness (QED) is 0.565. The summed E-state index contributed by atoms with van der Waals surface area (Å²) in [5.74, 6) is 0.292. The van der Waals surface area contributed by atoms with Crippen molar-refractivity contribution in [2.75, 3.05) is 13.1 Å². The molecule has 0 saturated heterocycles. The summed E-state index contributed by atoms with van der Waals surface area (Å²) in [6.45, 7) is 1.20. The third kappa shape index (κ3) is 4.95. The fourth-order valence-corrected chi connectivity index (χ4v) is 1.37. The molecule has 0 aliphatic carbocycles. The Kier molecular flexibility index (Phi) is 5.60. The summed E-state index contributed by atoms with van der Waals surface area (Å²) in [6, 6.07) is 3.48. The SMILES string of the molecule is NC(=O)CCCCNCC(O)c1ccco1. The number of unbranched alkanes of at least 4 members (excludes halogenated alkanes) is 1. The van der Waals surface area contributed by atoms with Crippen molar-refractivity contribution in [1.29, 1.82) is 0 Å². The van der Waals surface area contributed by atoms with Crippen molar-refractivity contribution >= 4 is 5.91 Å². The number of nitrogens with one attached hydrogen (secondary N) is 1. The van der Waals surface area contributed by atoms with Crippen LogP contribution in [0.15, 0.2) is 22.8 Å². The average Bonchev–Trinajstić information content (AvgIpc) is 2.75. The molecule has 5 nitrogen and oxygen atoms in total. The summed E-state index contributed by atoms with van der Waals surface area (Å²) in [7, 11) is 0. The Morgan fingerprint density at radius 3 is 3.00 bits per heavy atom. The first-order valence-electron chi connectivity index (χ1n) is 5.40. The van der Waals surface area contributed by atoms with Crippen LogP contribution in [0.4, 0.5) is 0 Å². The molecule has 0 aliphatic rings. The first-order chi connectivity index (χ1) is 7.70. The number of aliphatic hydroxyl groups is 1. The lowest BCUT2D eigenvalue weighted by molar-refractivity contribution is -0.118. The number of hydrogen-bond donors (Lipinski definition) is 3. The van der Waals surface area contributed by atoms with Crippen LogP contribution in [0.5, 0.6) is 0 Å². The van der Waals surface area contributed by atoms with Crippen LogP contribution in [0.2, 0.25) is 0 Å². The number of carbonyl (C=O) groups excluding carboxylic acids is 1. The van der Waals surface area contributed by atoms with Crippen molar-refractivity contribution in [2.24, 2.45) is 5.73 Å². The van der Waals surface area contributed by atoms with E-state index in [1.165, 1.54) is 6.26 Å². The highest BCUT2D eigenvalue weighted by molar-refractivity contribution is 5.73. The van der Waals surface area contributed by atoms with E-state index in [0.717, 1.165) is 19.4 Å². The average molecular weight is 226 g/mol. The van der Waals surface area contributed by atoms with Crippen LogP contribution in [0, 0.1) is 0 Å². The van der Waals surface area contributed by atoms with Gasteiger partial charge in [-0.1, -0.05) is 0 Å². The second kappa shape index (κ2) is 7.03. The number of primary amides is 1. The molecule has 4 N–H and O–H groups in total. The normalized spacial score (nSPS) is 12.6. The number of aliphatic hydroxyl groups excluding tert-OH is 1. The van der Waals surface area contributed by atoms with E-state index >= 15 is 0 Å². The summed E-state index contributed by atoms with van der Waals surface area (Å²) in [6.07, 6.45) is 2.98. The van der Waals surface area contributed by atoms with Crippen LogP contribution in [-0.4, -0.2) is 24.1 Å². The van der Waals surface area contributed by atoms with E-state index in [-0.39, 0.29) is 5.91 Å². The van der Waals surface area contributed by atoms with E-state index in [0.29, 0.717) is 18.7 Å². The van der Waals surface area contributed by atoms with Gasteiger partial charge in [-0.05, 0) is 31.5 Å². The molecule has 0 spiro atoms. The number of furan rings is 1. The molecule has 1 heterocycles. The number of rotatable bonds is 8. The van der Waals surface area contributed by atoms with E-state index in [1.54, 1.807) is 12.1 Å². The molecule has 1 aromatic heterocycles. The van der Waals surface area contributed by atoms with Gasteiger partial charge in [0.15, 0.2) is 0 Å². The molecule has 1 amide bonds. The number of carbonyl (C=O) groups is 1. The largest absolute Gasteiger partial charge is 0.467 e. The fraction of sp³-hybridized carbons (Fsp3) is 0.545. The van der Waals surface area contributed by atoms with Crippen LogP contribution >= 0.6 is 0 Å². The second-order valence-corrected chi connectivity index (χ2v) is 3.66. The molecule has 1 aromatic rings. The van der Waals surface area contributed by atoms with Crippen LogP contribution in [-0.2, 0) is 4.79 Å². The molecule has 0 aliphatic heterocycles. The summed E-state index contributed by atoms with van der Waals surface area (Å²) < 4.78 is 5.05. The molecule has 5 heteroatoms. The Bertz CT molecular complexity index is 298. The lowest BCUT2D eigenvalue weighted by Gasteiger charge is -2.08. The Hall–Kier alpha value is -1.33. The Morgan fingerprint density at radius 1 is 1.56 bits per heavy atom. The predicted molar refractivity (Wildman–Crippen MR) is 59.6 cm³/mol. The molecule has 0 fully saturated rings. The molecule has 0 saturated carbocycles. The maximum Gasteiger partial charge on any atom is 0.217 e. The molecule has 1 rings (SSSR count). The molecule has 1 atom stereocenters. The molecule has 0 bridgehead atoms. The summed E-state index contributed by atoms with van der Waals surface area (Å²) in [4.78, 5) is 10.4.